The maximum absolute atomic E-state index is 11.2. The van der Waals surface area contributed by atoms with Crippen molar-refractivity contribution in [2.75, 3.05) is 11.9 Å². The lowest BCUT2D eigenvalue weighted by Crippen LogP contribution is -2.29. The van der Waals surface area contributed by atoms with Crippen molar-refractivity contribution in [3.05, 3.63) is 22.7 Å². The molecule has 1 rings (SSSR count). The molecular weight excluding hydrogens is 198 g/mol. The topological polar surface area (TPSA) is 84.1 Å². The second kappa shape index (κ2) is 5.14. The molecule has 0 saturated carbocycles. The van der Waals surface area contributed by atoms with Gasteiger partial charge in [-0.3, -0.25) is 4.79 Å². The summed E-state index contributed by atoms with van der Waals surface area (Å²) >= 11 is 0. The largest absolute Gasteiger partial charge is 0.464 e. The van der Waals surface area contributed by atoms with Crippen LogP contribution in [0.3, 0.4) is 0 Å². The van der Waals surface area contributed by atoms with E-state index < -0.39 is 6.04 Å². The molecule has 1 aromatic rings. The molecule has 0 aliphatic rings. The minimum atomic E-state index is -0.528. The van der Waals surface area contributed by atoms with Crippen LogP contribution in [0.2, 0.25) is 0 Å². The summed E-state index contributed by atoms with van der Waals surface area (Å²) in [5.41, 5.74) is -0.274. The highest BCUT2D eigenvalue weighted by Gasteiger charge is 2.13. The van der Waals surface area contributed by atoms with E-state index in [0.717, 1.165) is 0 Å². The molecule has 15 heavy (non-hydrogen) atoms. The van der Waals surface area contributed by atoms with Crippen molar-refractivity contribution in [1.29, 1.82) is 0 Å². The molecule has 0 fully saturated rings. The third-order valence-corrected chi connectivity index (χ3v) is 1.68. The fraction of sp³-hybridized carbons (Fsp3) is 0.444. The molecule has 0 amide bonds. The Morgan fingerprint density at radius 3 is 3.07 bits per heavy atom. The van der Waals surface area contributed by atoms with Crippen LogP contribution in [0.25, 0.3) is 0 Å². The summed E-state index contributed by atoms with van der Waals surface area (Å²) < 4.78 is 4.79. The van der Waals surface area contributed by atoms with E-state index >= 15 is 0 Å². The number of aromatic amines is 1. The van der Waals surface area contributed by atoms with Crippen LogP contribution in [-0.2, 0) is 9.53 Å². The van der Waals surface area contributed by atoms with Gasteiger partial charge >= 0.3 is 5.97 Å². The molecule has 2 N–H and O–H groups in total. The molecule has 0 aliphatic heterocycles. The number of ether oxygens (including phenoxy) is 1. The van der Waals surface area contributed by atoms with E-state index in [-0.39, 0.29) is 11.5 Å². The average Bonchev–Trinajstić information content (AvgIpc) is 2.18. The number of rotatable bonds is 4. The summed E-state index contributed by atoms with van der Waals surface area (Å²) in [5, 5.41) is 2.76. The summed E-state index contributed by atoms with van der Waals surface area (Å²) in [7, 11) is 0. The summed E-state index contributed by atoms with van der Waals surface area (Å²) in [6.07, 6.45) is 1.27. The number of carbonyl (C=O) groups excluding carboxylic acids is 1. The molecular formula is C9H13N3O3. The van der Waals surface area contributed by atoms with Crippen molar-refractivity contribution in [2.24, 2.45) is 0 Å². The van der Waals surface area contributed by atoms with E-state index in [1.807, 2.05) is 0 Å². The second-order valence-corrected chi connectivity index (χ2v) is 2.91. The predicted octanol–water partition coefficient (Wildman–Crippen LogP) is 0.133. The lowest BCUT2D eigenvalue weighted by molar-refractivity contribution is -0.143. The minimum absolute atomic E-state index is 0.274. The number of anilines is 1. The van der Waals surface area contributed by atoms with Crippen molar-refractivity contribution in [3.8, 4) is 0 Å². The highest BCUT2D eigenvalue weighted by atomic mass is 16.5. The smallest absolute Gasteiger partial charge is 0.328 e. The fourth-order valence-corrected chi connectivity index (χ4v) is 0.995. The third kappa shape index (κ3) is 3.41. The summed E-state index contributed by atoms with van der Waals surface area (Å²) in [6.45, 7) is 3.70. The summed E-state index contributed by atoms with van der Waals surface area (Å²) in [4.78, 5) is 28.4. The number of hydrogen-bond donors (Lipinski definition) is 2. The zero-order valence-electron chi connectivity index (χ0n) is 8.61. The Balaban J connectivity index is 2.62. The van der Waals surface area contributed by atoms with Gasteiger partial charge in [0, 0.05) is 6.07 Å². The van der Waals surface area contributed by atoms with E-state index in [1.54, 1.807) is 13.8 Å². The molecule has 0 spiro atoms. The first-order chi connectivity index (χ1) is 7.13. The summed E-state index contributed by atoms with van der Waals surface area (Å²) in [6, 6.07) is 0.745. The zero-order valence-corrected chi connectivity index (χ0v) is 8.61. The molecule has 1 unspecified atom stereocenters. The standard InChI is InChI=1S/C9H13N3O3/c1-3-15-9(14)6(2)12-7-4-8(13)11-5-10-7/h4-6H,3H2,1-2H3,(H2,10,11,12,13). The number of nitrogens with zero attached hydrogens (tertiary/aromatic N) is 1. The van der Waals surface area contributed by atoms with Gasteiger partial charge in [-0.2, -0.15) is 0 Å². The fourth-order valence-electron chi connectivity index (χ4n) is 0.995. The molecule has 6 nitrogen and oxygen atoms in total. The Hall–Kier alpha value is -1.85. The van der Waals surface area contributed by atoms with E-state index in [9.17, 15) is 9.59 Å². The van der Waals surface area contributed by atoms with Crippen LogP contribution in [0, 0.1) is 0 Å². The molecule has 6 heteroatoms. The minimum Gasteiger partial charge on any atom is -0.464 e. The van der Waals surface area contributed by atoms with Crippen LogP contribution in [0.5, 0.6) is 0 Å². The van der Waals surface area contributed by atoms with E-state index in [0.29, 0.717) is 12.4 Å². The third-order valence-electron chi connectivity index (χ3n) is 1.68. The first-order valence-electron chi connectivity index (χ1n) is 4.61. The highest BCUT2D eigenvalue weighted by Crippen LogP contribution is 2.00. The van der Waals surface area contributed by atoms with Gasteiger partial charge in [-0.05, 0) is 13.8 Å². The van der Waals surface area contributed by atoms with Crippen LogP contribution in [0.1, 0.15) is 13.8 Å². The van der Waals surface area contributed by atoms with Gasteiger partial charge in [-0.15, -0.1) is 0 Å². The molecule has 1 aromatic heterocycles. The Labute approximate surface area is 86.7 Å². The Kier molecular flexibility index (Phi) is 3.84. The van der Waals surface area contributed by atoms with Gasteiger partial charge in [0.2, 0.25) is 0 Å². The quantitative estimate of drug-likeness (QED) is 0.692. The van der Waals surface area contributed by atoms with Crippen LogP contribution >= 0.6 is 0 Å². The van der Waals surface area contributed by atoms with Gasteiger partial charge in [0.25, 0.3) is 5.56 Å². The normalized spacial score (nSPS) is 11.9. The van der Waals surface area contributed by atoms with Crippen molar-refractivity contribution in [2.45, 2.75) is 19.9 Å². The maximum Gasteiger partial charge on any atom is 0.328 e. The molecule has 1 heterocycles. The molecule has 0 radical (unpaired) electrons. The van der Waals surface area contributed by atoms with Crippen molar-refractivity contribution >= 4 is 11.8 Å². The Morgan fingerprint density at radius 1 is 1.73 bits per heavy atom. The molecule has 0 aliphatic carbocycles. The second-order valence-electron chi connectivity index (χ2n) is 2.91. The Morgan fingerprint density at radius 2 is 2.47 bits per heavy atom. The van der Waals surface area contributed by atoms with Crippen molar-refractivity contribution < 1.29 is 9.53 Å². The highest BCUT2D eigenvalue weighted by molar-refractivity contribution is 5.78. The van der Waals surface area contributed by atoms with Gasteiger partial charge in [0.1, 0.15) is 11.9 Å². The number of aromatic nitrogens is 2. The lowest BCUT2D eigenvalue weighted by Gasteiger charge is -2.12. The number of hydrogen-bond acceptors (Lipinski definition) is 5. The Bertz CT molecular complexity index is 388. The van der Waals surface area contributed by atoms with Gasteiger partial charge in [0.05, 0.1) is 12.9 Å². The SMILES string of the molecule is CCOC(=O)C(C)Nc1cc(=O)[nH]cn1. The molecule has 0 bridgehead atoms. The monoisotopic (exact) mass is 211 g/mol. The van der Waals surface area contributed by atoms with Gasteiger partial charge < -0.3 is 15.0 Å². The van der Waals surface area contributed by atoms with Crippen LogP contribution in [0.15, 0.2) is 17.2 Å². The number of esters is 1. The zero-order chi connectivity index (χ0) is 11.3. The number of carbonyl (C=O) groups is 1. The molecule has 0 saturated heterocycles. The first-order valence-corrected chi connectivity index (χ1v) is 4.61. The molecule has 1 atom stereocenters. The first kappa shape index (κ1) is 11.2. The number of nitrogens with one attached hydrogen (secondary N) is 2. The maximum atomic E-state index is 11.2. The predicted molar refractivity (Wildman–Crippen MR) is 54.6 cm³/mol. The van der Waals surface area contributed by atoms with Gasteiger partial charge in [-0.1, -0.05) is 0 Å². The van der Waals surface area contributed by atoms with Crippen LogP contribution < -0.4 is 10.9 Å². The van der Waals surface area contributed by atoms with Crippen LogP contribution in [0.4, 0.5) is 5.82 Å². The molecule has 82 valence electrons. The van der Waals surface area contributed by atoms with Crippen molar-refractivity contribution in [1.82, 2.24) is 9.97 Å². The average molecular weight is 211 g/mol. The van der Waals surface area contributed by atoms with Gasteiger partial charge in [-0.25, -0.2) is 9.78 Å². The molecule has 0 aromatic carbocycles. The summed E-state index contributed by atoms with van der Waals surface area (Å²) in [5.74, 6) is -0.0288. The van der Waals surface area contributed by atoms with Crippen molar-refractivity contribution in [3.63, 3.8) is 0 Å². The van der Waals surface area contributed by atoms with E-state index in [2.05, 4.69) is 15.3 Å². The number of H-pyrrole nitrogens is 1. The lowest BCUT2D eigenvalue weighted by atomic mass is 10.3. The van der Waals surface area contributed by atoms with E-state index in [4.69, 9.17) is 4.74 Å². The van der Waals surface area contributed by atoms with Crippen LogP contribution in [-0.4, -0.2) is 28.6 Å². The van der Waals surface area contributed by atoms with E-state index in [1.165, 1.54) is 12.4 Å². The van der Waals surface area contributed by atoms with Gasteiger partial charge in [0.15, 0.2) is 0 Å².